The van der Waals surface area contributed by atoms with E-state index in [1.54, 1.807) is 0 Å². The summed E-state index contributed by atoms with van der Waals surface area (Å²) in [5.74, 6) is 1.39. The first-order valence-electron chi connectivity index (χ1n) is 14.3. The maximum absolute atomic E-state index is 13.0. The van der Waals surface area contributed by atoms with Crippen LogP contribution in [-0.2, 0) is 22.4 Å². The third-order valence-electron chi connectivity index (χ3n) is 8.86. The number of nitrogens with one attached hydrogen (secondary N) is 2. The van der Waals surface area contributed by atoms with E-state index in [4.69, 9.17) is 4.98 Å². The molecule has 3 aliphatic heterocycles. The summed E-state index contributed by atoms with van der Waals surface area (Å²) in [5.41, 5.74) is 2.49. The summed E-state index contributed by atoms with van der Waals surface area (Å²) in [7, 11) is 0. The zero-order chi connectivity index (χ0) is 24.9. The summed E-state index contributed by atoms with van der Waals surface area (Å²) in [6.07, 6.45) is 11.7. The van der Waals surface area contributed by atoms with Crippen molar-refractivity contribution in [2.24, 2.45) is 11.8 Å². The van der Waals surface area contributed by atoms with Crippen molar-refractivity contribution in [3.8, 4) is 0 Å². The summed E-state index contributed by atoms with van der Waals surface area (Å²) >= 11 is 0. The molecule has 1 aromatic rings. The second kappa shape index (κ2) is 11.9. The number of fused-ring (bicyclic) bond motifs is 1. The number of carbonyl (C=O) groups excluding carboxylic acids is 1. The Balaban J connectivity index is 1.05. The van der Waals surface area contributed by atoms with Gasteiger partial charge in [0.15, 0.2) is 0 Å². The Labute approximate surface area is 215 Å². The summed E-state index contributed by atoms with van der Waals surface area (Å²) in [5, 5.41) is 16.1. The molecule has 1 amide bonds. The highest BCUT2D eigenvalue weighted by atomic mass is 16.4. The molecule has 198 valence electrons. The van der Waals surface area contributed by atoms with Crippen molar-refractivity contribution < 1.29 is 14.7 Å². The first kappa shape index (κ1) is 25.5. The van der Waals surface area contributed by atoms with Crippen LogP contribution in [0.3, 0.4) is 0 Å². The Morgan fingerprint density at radius 3 is 2.81 bits per heavy atom. The SMILES string of the molecule is O=C(O)[C@H](CCN1CC[C@@H](CCc2ccc3c(n2)NCCC3)C1)NC(=O)[C@@H]1CCCN1CC1CCC1. The molecule has 5 rings (SSSR count). The lowest BCUT2D eigenvalue weighted by Gasteiger charge is -2.33. The smallest absolute Gasteiger partial charge is 0.326 e. The van der Waals surface area contributed by atoms with Gasteiger partial charge in [0.1, 0.15) is 11.9 Å². The highest BCUT2D eigenvalue weighted by Crippen LogP contribution is 2.30. The lowest BCUT2D eigenvalue weighted by atomic mass is 9.85. The van der Waals surface area contributed by atoms with Crippen molar-refractivity contribution in [1.29, 1.82) is 0 Å². The number of rotatable bonds is 11. The molecule has 0 spiro atoms. The predicted molar refractivity (Wildman–Crippen MR) is 140 cm³/mol. The fourth-order valence-corrected chi connectivity index (χ4v) is 6.40. The highest BCUT2D eigenvalue weighted by Gasteiger charge is 2.35. The van der Waals surface area contributed by atoms with Gasteiger partial charge in [-0.1, -0.05) is 12.5 Å². The lowest BCUT2D eigenvalue weighted by molar-refractivity contribution is -0.142. The molecule has 8 heteroatoms. The molecule has 0 unspecified atom stereocenters. The van der Waals surface area contributed by atoms with E-state index >= 15 is 0 Å². The van der Waals surface area contributed by atoms with Crippen LogP contribution in [0.15, 0.2) is 12.1 Å². The second-order valence-corrected chi connectivity index (χ2v) is 11.5. The van der Waals surface area contributed by atoms with Gasteiger partial charge < -0.3 is 20.6 Å². The number of carboxylic acid groups (broad SMARTS) is 1. The Bertz CT molecular complexity index is 920. The van der Waals surface area contributed by atoms with E-state index in [2.05, 4.69) is 32.6 Å². The highest BCUT2D eigenvalue weighted by molar-refractivity contribution is 5.87. The van der Waals surface area contributed by atoms with E-state index in [0.29, 0.717) is 18.9 Å². The van der Waals surface area contributed by atoms with Crippen molar-refractivity contribution in [1.82, 2.24) is 20.1 Å². The molecule has 4 aliphatic rings. The Morgan fingerprint density at radius 2 is 2.00 bits per heavy atom. The molecule has 0 aromatic carbocycles. The molecular weight excluding hydrogens is 454 g/mol. The van der Waals surface area contributed by atoms with Gasteiger partial charge in [0, 0.05) is 31.9 Å². The third-order valence-corrected chi connectivity index (χ3v) is 8.86. The van der Waals surface area contributed by atoms with Crippen LogP contribution in [0.4, 0.5) is 5.82 Å². The summed E-state index contributed by atoms with van der Waals surface area (Å²) in [6.45, 7) is 5.67. The number of aryl methyl sites for hydroxylation is 2. The number of likely N-dealkylation sites (tertiary alicyclic amines) is 2. The van der Waals surface area contributed by atoms with Gasteiger partial charge in [0.05, 0.1) is 6.04 Å². The molecular formula is C28H43N5O3. The largest absolute Gasteiger partial charge is 0.480 e. The Hall–Kier alpha value is -2.19. The number of amides is 1. The molecule has 3 N–H and O–H groups in total. The van der Waals surface area contributed by atoms with Crippen molar-refractivity contribution in [2.75, 3.05) is 44.6 Å². The van der Waals surface area contributed by atoms with Crippen LogP contribution < -0.4 is 10.6 Å². The van der Waals surface area contributed by atoms with Gasteiger partial charge >= 0.3 is 5.97 Å². The van der Waals surface area contributed by atoms with Gasteiger partial charge in [-0.15, -0.1) is 0 Å². The minimum absolute atomic E-state index is 0.0921. The molecule has 2 saturated heterocycles. The van der Waals surface area contributed by atoms with E-state index in [0.717, 1.165) is 88.7 Å². The molecule has 0 bridgehead atoms. The maximum atomic E-state index is 13.0. The number of carbonyl (C=O) groups is 2. The van der Waals surface area contributed by atoms with Crippen molar-refractivity contribution in [2.45, 2.75) is 82.7 Å². The van der Waals surface area contributed by atoms with Crippen LogP contribution in [0.2, 0.25) is 0 Å². The number of aromatic nitrogens is 1. The fourth-order valence-electron chi connectivity index (χ4n) is 6.40. The van der Waals surface area contributed by atoms with Gasteiger partial charge in [-0.3, -0.25) is 9.69 Å². The topological polar surface area (TPSA) is 97.8 Å². The average Bonchev–Trinajstić information content (AvgIpc) is 3.51. The number of carboxylic acids is 1. The van der Waals surface area contributed by atoms with Crippen LogP contribution in [0, 0.1) is 11.8 Å². The standard InChI is InChI=1S/C28H43N5O3/c34-27(25-7-3-15-33(25)19-20-4-1-5-20)31-24(28(35)36)13-17-32-16-12-21(18-32)8-10-23-11-9-22-6-2-14-29-26(22)30-23/h9,11,20-21,24-25H,1-8,10,12-19H2,(H,29,30)(H,31,34)(H,35,36)/t21-,24+,25+/m1/s1. The summed E-state index contributed by atoms with van der Waals surface area (Å²) < 4.78 is 0. The van der Waals surface area contributed by atoms with Crippen LogP contribution in [-0.4, -0.2) is 83.1 Å². The first-order chi connectivity index (χ1) is 17.5. The molecule has 3 fully saturated rings. The minimum atomic E-state index is -0.922. The molecule has 0 radical (unpaired) electrons. The molecule has 36 heavy (non-hydrogen) atoms. The molecule has 8 nitrogen and oxygen atoms in total. The number of anilines is 1. The zero-order valence-electron chi connectivity index (χ0n) is 21.6. The summed E-state index contributed by atoms with van der Waals surface area (Å²) in [4.78, 5) is 34.4. The van der Waals surface area contributed by atoms with E-state index in [1.165, 1.54) is 31.2 Å². The monoisotopic (exact) mass is 497 g/mol. The Kier molecular flexibility index (Phi) is 8.42. The van der Waals surface area contributed by atoms with Gasteiger partial charge in [0.25, 0.3) is 0 Å². The number of nitrogens with zero attached hydrogens (tertiary/aromatic N) is 3. The van der Waals surface area contributed by atoms with Gasteiger partial charge in [0.2, 0.25) is 5.91 Å². The molecule has 4 heterocycles. The van der Waals surface area contributed by atoms with E-state index in [1.807, 2.05) is 0 Å². The second-order valence-electron chi connectivity index (χ2n) is 11.5. The minimum Gasteiger partial charge on any atom is -0.480 e. The predicted octanol–water partition coefficient (Wildman–Crippen LogP) is 2.92. The number of aliphatic carboxylic acids is 1. The van der Waals surface area contributed by atoms with Crippen LogP contribution in [0.5, 0.6) is 0 Å². The molecule has 3 atom stereocenters. The van der Waals surface area contributed by atoms with Crippen LogP contribution in [0.1, 0.15) is 69.0 Å². The van der Waals surface area contributed by atoms with Crippen molar-refractivity contribution in [3.05, 3.63) is 23.4 Å². The number of hydrogen-bond acceptors (Lipinski definition) is 6. The maximum Gasteiger partial charge on any atom is 0.326 e. The van der Waals surface area contributed by atoms with Crippen LogP contribution >= 0.6 is 0 Å². The Morgan fingerprint density at radius 1 is 1.11 bits per heavy atom. The van der Waals surface area contributed by atoms with Crippen molar-refractivity contribution >= 4 is 17.7 Å². The van der Waals surface area contributed by atoms with Gasteiger partial charge in [-0.2, -0.15) is 0 Å². The van der Waals surface area contributed by atoms with E-state index in [-0.39, 0.29) is 11.9 Å². The number of pyridine rings is 1. The molecule has 1 aliphatic carbocycles. The average molecular weight is 498 g/mol. The van der Waals surface area contributed by atoms with Crippen LogP contribution in [0.25, 0.3) is 0 Å². The molecule has 1 aromatic heterocycles. The normalized spacial score (nSPS) is 25.7. The van der Waals surface area contributed by atoms with E-state index < -0.39 is 12.0 Å². The zero-order valence-corrected chi connectivity index (χ0v) is 21.6. The van der Waals surface area contributed by atoms with Gasteiger partial charge in [-0.25, -0.2) is 9.78 Å². The quantitative estimate of drug-likeness (QED) is 0.432. The molecule has 1 saturated carbocycles. The third kappa shape index (κ3) is 6.38. The van der Waals surface area contributed by atoms with Crippen molar-refractivity contribution in [3.63, 3.8) is 0 Å². The number of hydrogen-bond donors (Lipinski definition) is 3. The lowest BCUT2D eigenvalue weighted by Crippen LogP contribution is -2.51. The fraction of sp³-hybridized carbons (Fsp3) is 0.750. The van der Waals surface area contributed by atoms with Gasteiger partial charge in [-0.05, 0) is 101 Å². The first-order valence-corrected chi connectivity index (χ1v) is 14.3. The summed E-state index contributed by atoms with van der Waals surface area (Å²) in [6, 6.07) is 3.44. The van der Waals surface area contributed by atoms with E-state index in [9.17, 15) is 14.7 Å².